The average molecular weight is 213 g/mol. The molecule has 2 nitrogen and oxygen atoms in total. The quantitative estimate of drug-likeness (QED) is 0.752. The van der Waals surface area contributed by atoms with Crippen LogP contribution in [0, 0.1) is 18.3 Å². The van der Waals surface area contributed by atoms with Crippen LogP contribution in [0.1, 0.15) is 31.2 Å². The minimum atomic E-state index is 0.144. The van der Waals surface area contributed by atoms with Crippen LogP contribution in [0.15, 0.2) is 24.3 Å². The minimum absolute atomic E-state index is 0.144. The molecule has 0 bridgehead atoms. The fraction of sp³-hybridized carbons (Fsp3) is 0.357. The Balaban J connectivity index is 1.98. The highest BCUT2D eigenvalue weighted by Gasteiger charge is 2.22. The molecule has 1 aliphatic rings. The summed E-state index contributed by atoms with van der Waals surface area (Å²) in [5.41, 5.74) is 1.66. The van der Waals surface area contributed by atoms with Gasteiger partial charge in [-0.05, 0) is 37.1 Å². The molecule has 0 aliphatic heterocycles. The highest BCUT2D eigenvalue weighted by atomic mass is 16.1. The Kier molecular flexibility index (Phi) is 3.26. The molecule has 1 aromatic rings. The van der Waals surface area contributed by atoms with E-state index in [9.17, 15) is 4.79 Å². The van der Waals surface area contributed by atoms with E-state index in [1.807, 2.05) is 24.3 Å². The summed E-state index contributed by atoms with van der Waals surface area (Å²) in [5, 5.41) is 2.93. The smallest absolute Gasteiger partial charge is 0.227 e. The fourth-order valence-electron chi connectivity index (χ4n) is 2.08. The van der Waals surface area contributed by atoms with Gasteiger partial charge in [0.1, 0.15) is 0 Å². The molecule has 2 rings (SSSR count). The van der Waals surface area contributed by atoms with E-state index in [1.54, 1.807) is 0 Å². The molecule has 1 aromatic carbocycles. The molecule has 1 amide bonds. The summed E-state index contributed by atoms with van der Waals surface area (Å²) in [5.74, 6) is 2.90. The first kappa shape index (κ1) is 10.8. The molecule has 1 aliphatic carbocycles. The van der Waals surface area contributed by atoms with E-state index in [2.05, 4.69) is 11.2 Å². The van der Waals surface area contributed by atoms with E-state index >= 15 is 0 Å². The topological polar surface area (TPSA) is 29.1 Å². The largest absolute Gasteiger partial charge is 0.326 e. The van der Waals surface area contributed by atoms with Gasteiger partial charge in [0, 0.05) is 17.2 Å². The Morgan fingerprint density at radius 1 is 1.25 bits per heavy atom. The molecule has 0 atom stereocenters. The molecule has 1 fully saturated rings. The third kappa shape index (κ3) is 2.43. The predicted octanol–water partition coefficient (Wildman–Crippen LogP) is 2.80. The van der Waals surface area contributed by atoms with Gasteiger partial charge in [0.25, 0.3) is 0 Å². The predicted molar refractivity (Wildman–Crippen MR) is 65.0 cm³/mol. The highest BCUT2D eigenvalue weighted by Crippen LogP contribution is 2.25. The van der Waals surface area contributed by atoms with Crippen molar-refractivity contribution in [2.24, 2.45) is 5.92 Å². The van der Waals surface area contributed by atoms with Crippen LogP contribution in [0.4, 0.5) is 5.69 Å². The molecule has 0 radical (unpaired) electrons. The van der Waals surface area contributed by atoms with Crippen molar-refractivity contribution >= 4 is 11.6 Å². The van der Waals surface area contributed by atoms with Gasteiger partial charge in [0.2, 0.25) is 5.91 Å². The van der Waals surface area contributed by atoms with Gasteiger partial charge in [-0.15, -0.1) is 6.42 Å². The Bertz CT molecular complexity index is 407. The van der Waals surface area contributed by atoms with E-state index < -0.39 is 0 Å². The van der Waals surface area contributed by atoms with Gasteiger partial charge in [-0.2, -0.15) is 0 Å². The molecule has 0 unspecified atom stereocenters. The average Bonchev–Trinajstić information content (AvgIpc) is 2.83. The number of carbonyl (C=O) groups excluding carboxylic acids is 1. The normalized spacial score (nSPS) is 15.7. The van der Waals surface area contributed by atoms with Gasteiger partial charge < -0.3 is 5.32 Å². The molecular weight excluding hydrogens is 198 g/mol. The third-order valence-corrected chi connectivity index (χ3v) is 3.05. The lowest BCUT2D eigenvalue weighted by atomic mass is 10.1. The first-order valence-electron chi connectivity index (χ1n) is 5.67. The number of nitrogens with one attached hydrogen (secondary N) is 1. The van der Waals surface area contributed by atoms with Gasteiger partial charge >= 0.3 is 0 Å². The fourth-order valence-corrected chi connectivity index (χ4v) is 2.08. The highest BCUT2D eigenvalue weighted by molar-refractivity contribution is 5.92. The van der Waals surface area contributed by atoms with Crippen LogP contribution in [0.2, 0.25) is 0 Å². The van der Waals surface area contributed by atoms with Gasteiger partial charge in [-0.1, -0.05) is 18.8 Å². The number of terminal acetylenes is 1. The van der Waals surface area contributed by atoms with Crippen LogP contribution in [-0.4, -0.2) is 5.91 Å². The number of anilines is 1. The first-order valence-corrected chi connectivity index (χ1v) is 5.67. The summed E-state index contributed by atoms with van der Waals surface area (Å²) < 4.78 is 0. The maximum Gasteiger partial charge on any atom is 0.227 e. The molecule has 1 N–H and O–H groups in total. The lowest BCUT2D eigenvalue weighted by Crippen LogP contribution is -2.20. The Morgan fingerprint density at radius 2 is 1.88 bits per heavy atom. The van der Waals surface area contributed by atoms with E-state index in [0.29, 0.717) is 0 Å². The van der Waals surface area contributed by atoms with Crippen molar-refractivity contribution in [2.75, 3.05) is 5.32 Å². The second-order valence-corrected chi connectivity index (χ2v) is 4.19. The minimum Gasteiger partial charge on any atom is -0.326 e. The number of hydrogen-bond acceptors (Lipinski definition) is 1. The van der Waals surface area contributed by atoms with Gasteiger partial charge in [0.05, 0.1) is 0 Å². The number of hydrogen-bond donors (Lipinski definition) is 1. The summed E-state index contributed by atoms with van der Waals surface area (Å²) >= 11 is 0. The van der Waals surface area contributed by atoms with E-state index in [1.165, 1.54) is 12.8 Å². The maximum atomic E-state index is 11.8. The van der Waals surface area contributed by atoms with Gasteiger partial charge in [-0.25, -0.2) is 0 Å². The lowest BCUT2D eigenvalue weighted by Gasteiger charge is -2.10. The standard InChI is InChI=1S/C14H15NO/c1-2-11-7-9-13(10-8-11)15-14(16)12-5-3-4-6-12/h1,7-10,12H,3-6H2,(H,15,16). The second kappa shape index (κ2) is 4.85. The Morgan fingerprint density at radius 3 is 2.44 bits per heavy atom. The number of benzene rings is 1. The molecular formula is C14H15NO. The van der Waals surface area contributed by atoms with Gasteiger partial charge in [0.15, 0.2) is 0 Å². The van der Waals surface area contributed by atoms with Crippen molar-refractivity contribution in [3.63, 3.8) is 0 Å². The molecule has 82 valence electrons. The molecule has 1 saturated carbocycles. The number of carbonyl (C=O) groups is 1. The zero-order chi connectivity index (χ0) is 11.4. The molecule has 0 heterocycles. The molecule has 2 heteroatoms. The zero-order valence-corrected chi connectivity index (χ0v) is 9.20. The first-order chi connectivity index (χ1) is 7.79. The second-order valence-electron chi connectivity index (χ2n) is 4.19. The van der Waals surface area contributed by atoms with Crippen molar-refractivity contribution in [1.82, 2.24) is 0 Å². The Labute approximate surface area is 96.1 Å². The van der Waals surface area contributed by atoms with Crippen LogP contribution in [0.5, 0.6) is 0 Å². The van der Waals surface area contributed by atoms with Crippen molar-refractivity contribution in [3.05, 3.63) is 29.8 Å². The van der Waals surface area contributed by atoms with E-state index in [0.717, 1.165) is 24.1 Å². The van der Waals surface area contributed by atoms with E-state index in [4.69, 9.17) is 6.42 Å². The van der Waals surface area contributed by atoms with E-state index in [-0.39, 0.29) is 11.8 Å². The van der Waals surface area contributed by atoms with Crippen LogP contribution in [0.25, 0.3) is 0 Å². The van der Waals surface area contributed by atoms with Crippen LogP contribution in [-0.2, 0) is 4.79 Å². The summed E-state index contributed by atoms with van der Waals surface area (Å²) in [7, 11) is 0. The zero-order valence-electron chi connectivity index (χ0n) is 9.20. The Hall–Kier alpha value is -1.75. The number of rotatable bonds is 2. The van der Waals surface area contributed by atoms with Crippen LogP contribution >= 0.6 is 0 Å². The maximum absolute atomic E-state index is 11.8. The summed E-state index contributed by atoms with van der Waals surface area (Å²) in [6, 6.07) is 7.37. The summed E-state index contributed by atoms with van der Waals surface area (Å²) in [4.78, 5) is 11.8. The third-order valence-electron chi connectivity index (χ3n) is 3.05. The van der Waals surface area contributed by atoms with Crippen molar-refractivity contribution in [3.8, 4) is 12.3 Å². The monoisotopic (exact) mass is 213 g/mol. The van der Waals surface area contributed by atoms with Crippen LogP contribution in [0.3, 0.4) is 0 Å². The van der Waals surface area contributed by atoms with Crippen LogP contribution < -0.4 is 5.32 Å². The van der Waals surface area contributed by atoms with Crippen molar-refractivity contribution in [2.45, 2.75) is 25.7 Å². The molecule has 0 spiro atoms. The SMILES string of the molecule is C#Cc1ccc(NC(=O)C2CCCC2)cc1. The summed E-state index contributed by atoms with van der Waals surface area (Å²) in [6.07, 6.45) is 9.66. The molecule has 0 saturated heterocycles. The molecule has 16 heavy (non-hydrogen) atoms. The number of amides is 1. The summed E-state index contributed by atoms with van der Waals surface area (Å²) in [6.45, 7) is 0. The lowest BCUT2D eigenvalue weighted by molar-refractivity contribution is -0.119. The van der Waals surface area contributed by atoms with Crippen molar-refractivity contribution in [1.29, 1.82) is 0 Å². The molecule has 0 aromatic heterocycles. The van der Waals surface area contributed by atoms with Crippen molar-refractivity contribution < 1.29 is 4.79 Å². The van der Waals surface area contributed by atoms with Gasteiger partial charge in [-0.3, -0.25) is 4.79 Å².